The Hall–Kier alpha value is -6.26. The maximum atomic E-state index is 13.1. The summed E-state index contributed by atoms with van der Waals surface area (Å²) in [4.78, 5) is 10.1. The highest BCUT2D eigenvalue weighted by Gasteiger charge is 2.30. The Morgan fingerprint density at radius 3 is 1.94 bits per heavy atom. The fraction of sp³-hybridized carbons (Fsp3) is 0.323. The SMILES string of the molecule is [2H]C(C)(C)c1ccc(-c2ccnc(-c3cc(-c4cccc5c4nc(-c4cc(C(C([2H])([2H])[2H])(C([2H])([2H])[2H])C([2H])([2H])[2H])cc(C(C([2H])([2H])[2H])(C([2H])([2H])[2H])C([2H])([2H])[2H])c4O)n5-c4ccc(C(C)(C)CC)cc4-c4ccccc4)cc(C(C)(C)C)c3)c2)cc1. The molecule has 8 rings (SSSR count). The summed E-state index contributed by atoms with van der Waals surface area (Å²) in [5.74, 6) is -2.57. The first-order valence-electron chi connectivity index (χ1n) is 31.7. The summed E-state index contributed by atoms with van der Waals surface area (Å²) in [6.07, 6.45) is 2.41. The Balaban J connectivity index is 1.60. The van der Waals surface area contributed by atoms with Crippen LogP contribution in [-0.4, -0.2) is 19.6 Å². The molecule has 66 heavy (non-hydrogen) atoms. The molecule has 0 spiro atoms. The average molecular weight is 891 g/mol. The smallest absolute Gasteiger partial charge is 0.149 e. The molecule has 4 heteroatoms. The molecular weight excluding hydrogens is 803 g/mol. The topological polar surface area (TPSA) is 50.9 Å². The van der Waals surface area contributed by atoms with Crippen molar-refractivity contribution < 1.29 is 31.2 Å². The number of para-hydroxylation sites is 1. The zero-order valence-corrected chi connectivity index (χ0v) is 38.8. The minimum Gasteiger partial charge on any atom is -0.507 e. The molecule has 0 fully saturated rings. The summed E-state index contributed by atoms with van der Waals surface area (Å²) < 4.78 is 169. The predicted octanol–water partition coefficient (Wildman–Crippen LogP) is 17.2. The number of phenols is 1. The van der Waals surface area contributed by atoms with Crippen LogP contribution in [0.2, 0.25) is 0 Å². The fourth-order valence-electron chi connectivity index (χ4n) is 8.40. The third kappa shape index (κ3) is 9.00. The molecule has 0 saturated heterocycles. The number of rotatable bonds is 9. The van der Waals surface area contributed by atoms with Crippen molar-refractivity contribution in [1.29, 1.82) is 0 Å². The van der Waals surface area contributed by atoms with Crippen LogP contribution >= 0.6 is 0 Å². The highest BCUT2D eigenvalue weighted by Crippen LogP contribution is 2.46. The lowest BCUT2D eigenvalue weighted by atomic mass is 9.78. The van der Waals surface area contributed by atoms with E-state index in [1.54, 1.807) is 35.0 Å². The highest BCUT2D eigenvalue weighted by molar-refractivity contribution is 5.98. The molecule has 8 aromatic rings. The van der Waals surface area contributed by atoms with Crippen molar-refractivity contribution in [2.45, 2.75) is 130 Å². The van der Waals surface area contributed by atoms with Gasteiger partial charge in [0.2, 0.25) is 0 Å². The van der Waals surface area contributed by atoms with Gasteiger partial charge in [0.05, 0.1) is 28.0 Å². The van der Waals surface area contributed by atoms with Gasteiger partial charge in [0, 0.05) is 54.5 Å². The van der Waals surface area contributed by atoms with Crippen molar-refractivity contribution in [2.24, 2.45) is 0 Å². The number of hydrogen-bond donors (Lipinski definition) is 1. The van der Waals surface area contributed by atoms with Crippen LogP contribution in [0.3, 0.4) is 0 Å². The molecule has 1 N–H and O–H groups in total. The van der Waals surface area contributed by atoms with Crippen LogP contribution in [0.5, 0.6) is 5.75 Å². The van der Waals surface area contributed by atoms with Crippen LogP contribution in [0.15, 0.2) is 140 Å². The Labute approximate surface area is 421 Å². The van der Waals surface area contributed by atoms with Gasteiger partial charge in [0.1, 0.15) is 11.6 Å². The van der Waals surface area contributed by atoms with Crippen molar-refractivity contribution in [3.8, 4) is 67.5 Å². The van der Waals surface area contributed by atoms with E-state index in [1.807, 2.05) is 139 Å². The van der Waals surface area contributed by atoms with Crippen LogP contribution in [0.1, 0.15) is 163 Å². The molecule has 0 unspecified atom stereocenters. The van der Waals surface area contributed by atoms with E-state index in [0.717, 1.165) is 33.9 Å². The van der Waals surface area contributed by atoms with Crippen molar-refractivity contribution >= 4 is 11.0 Å². The van der Waals surface area contributed by atoms with E-state index >= 15 is 0 Å². The minimum absolute atomic E-state index is 0.180. The van der Waals surface area contributed by atoms with Gasteiger partial charge in [-0.1, -0.05) is 181 Å². The Bertz CT molecular complexity index is 3720. The second-order valence-corrected chi connectivity index (χ2v) is 19.3. The van der Waals surface area contributed by atoms with Crippen molar-refractivity contribution in [1.82, 2.24) is 14.5 Å². The molecule has 6 aromatic carbocycles. The maximum absolute atomic E-state index is 13.1. The van der Waals surface area contributed by atoms with Gasteiger partial charge in [-0.2, -0.15) is 0 Å². The normalized spacial score (nSPS) is 18.2. The molecule has 0 atom stereocenters. The van der Waals surface area contributed by atoms with Crippen LogP contribution in [0, 0.1) is 0 Å². The monoisotopic (exact) mass is 891 g/mol. The lowest BCUT2D eigenvalue weighted by Gasteiger charge is -2.28. The summed E-state index contributed by atoms with van der Waals surface area (Å²) in [6.45, 7) is -8.64. The maximum Gasteiger partial charge on any atom is 0.149 e. The third-order valence-electron chi connectivity index (χ3n) is 12.8. The molecule has 338 valence electrons. The average Bonchev–Trinajstić information content (AvgIpc) is 1.25. The van der Waals surface area contributed by atoms with Gasteiger partial charge in [-0.25, -0.2) is 4.98 Å². The Morgan fingerprint density at radius 2 is 1.27 bits per heavy atom. The first-order chi connectivity index (χ1) is 38.8. The van der Waals surface area contributed by atoms with Gasteiger partial charge >= 0.3 is 0 Å². The number of aromatic nitrogens is 3. The van der Waals surface area contributed by atoms with Crippen LogP contribution in [0.25, 0.3) is 72.7 Å². The largest absolute Gasteiger partial charge is 0.507 e. The van der Waals surface area contributed by atoms with Crippen molar-refractivity contribution in [3.63, 3.8) is 0 Å². The zero-order valence-electron chi connectivity index (χ0n) is 57.8. The highest BCUT2D eigenvalue weighted by atomic mass is 16.3. The van der Waals surface area contributed by atoms with E-state index in [2.05, 4.69) is 13.8 Å². The molecule has 4 nitrogen and oxygen atoms in total. The van der Waals surface area contributed by atoms with E-state index in [9.17, 15) is 5.11 Å². The summed E-state index contributed by atoms with van der Waals surface area (Å²) in [6, 6.07) is 38.6. The van der Waals surface area contributed by atoms with Crippen LogP contribution in [0.4, 0.5) is 0 Å². The van der Waals surface area contributed by atoms with Gasteiger partial charge in [-0.05, 0) is 127 Å². The fourth-order valence-corrected chi connectivity index (χ4v) is 8.40. The molecule has 0 aliphatic heterocycles. The predicted molar refractivity (Wildman–Crippen MR) is 281 cm³/mol. The first-order valence-corrected chi connectivity index (χ1v) is 22.2. The van der Waals surface area contributed by atoms with Crippen LogP contribution in [-0.2, 0) is 21.7 Å². The van der Waals surface area contributed by atoms with E-state index in [1.165, 1.54) is 0 Å². The molecule has 0 amide bonds. The number of phenolic OH excluding ortho intramolecular Hbond substituents is 1. The molecule has 0 aliphatic rings. The van der Waals surface area contributed by atoms with E-state index in [0.29, 0.717) is 51.7 Å². The first kappa shape index (κ1) is 28.0. The lowest BCUT2D eigenvalue weighted by molar-refractivity contribution is 0.446. The summed E-state index contributed by atoms with van der Waals surface area (Å²) >= 11 is 0. The Kier molecular flexibility index (Phi) is 7.30. The number of benzene rings is 6. The molecule has 0 radical (unpaired) electrons. The van der Waals surface area contributed by atoms with Gasteiger partial charge < -0.3 is 5.11 Å². The zero-order chi connectivity index (χ0) is 63.4. The number of aromatic hydroxyl groups is 1. The molecule has 0 aliphatic carbocycles. The van der Waals surface area contributed by atoms with Gasteiger partial charge in [-0.15, -0.1) is 0 Å². The molecule has 0 bridgehead atoms. The third-order valence-corrected chi connectivity index (χ3v) is 12.8. The second-order valence-electron chi connectivity index (χ2n) is 19.3. The van der Waals surface area contributed by atoms with E-state index in [-0.39, 0.29) is 11.0 Å². The van der Waals surface area contributed by atoms with Crippen molar-refractivity contribution in [2.75, 3.05) is 0 Å². The number of imidazole rings is 1. The number of pyridine rings is 1. The van der Waals surface area contributed by atoms with Gasteiger partial charge in [-0.3, -0.25) is 9.55 Å². The molecule has 2 heterocycles. The molecule has 0 saturated carbocycles. The van der Waals surface area contributed by atoms with Crippen LogP contribution < -0.4 is 0 Å². The standard InChI is InChI=1S/C62H69N3O/c1-15-62(13,14)46-28-29-54(50(36-46)42-20-17-16-18-21-42)65-55-23-19-22-49(56(55)64-58(65)51-37-48(60(7,8)9)38-52(57(51)66)61(10,11)12)44-32-45(34-47(33-44)59(4,5)6)53-35-43(30-31-63-53)41-26-24-40(25-27-41)39(2)3/h16-39,66H,15H2,1-14H3/i7D3,8D3,9D3,10D3,11D3,12D3,39D. The minimum atomic E-state index is -4.14. The van der Waals surface area contributed by atoms with Gasteiger partial charge in [0.15, 0.2) is 0 Å². The quantitative estimate of drug-likeness (QED) is 0.157. The number of fused-ring (bicyclic) bond motifs is 1. The molecule has 2 aromatic heterocycles. The Morgan fingerprint density at radius 1 is 0.591 bits per heavy atom. The van der Waals surface area contributed by atoms with E-state index in [4.69, 9.17) is 36.0 Å². The number of hydrogen-bond acceptors (Lipinski definition) is 3. The summed E-state index contributed by atoms with van der Waals surface area (Å²) in [5.41, 5.74) is -3.79. The van der Waals surface area contributed by atoms with Gasteiger partial charge in [0.25, 0.3) is 0 Å². The number of nitrogens with zero attached hydrogens (tertiary/aromatic N) is 3. The van der Waals surface area contributed by atoms with E-state index < -0.39 is 96.9 Å². The van der Waals surface area contributed by atoms with Crippen molar-refractivity contribution in [3.05, 3.63) is 167 Å². The lowest BCUT2D eigenvalue weighted by Crippen LogP contribution is -2.17. The second kappa shape index (κ2) is 17.2. The molecular formula is C62H69N3O. The summed E-state index contributed by atoms with van der Waals surface area (Å²) in [7, 11) is 0. The summed E-state index contributed by atoms with van der Waals surface area (Å²) in [5, 5.41) is 13.1.